The Balaban J connectivity index is 2.24. The lowest BCUT2D eigenvalue weighted by molar-refractivity contribution is -0.0586. The van der Waals surface area contributed by atoms with Crippen LogP contribution in [0.3, 0.4) is 0 Å². The summed E-state index contributed by atoms with van der Waals surface area (Å²) < 4.78 is 16.1. The average Bonchev–Trinajstić information content (AvgIpc) is 2.44. The lowest BCUT2D eigenvalue weighted by Gasteiger charge is -2.35. The van der Waals surface area contributed by atoms with Gasteiger partial charge in [-0.05, 0) is 26.0 Å². The van der Waals surface area contributed by atoms with Crippen molar-refractivity contribution in [1.82, 2.24) is 4.90 Å². The molecule has 0 aromatic heterocycles. The van der Waals surface area contributed by atoms with Crippen molar-refractivity contribution in [2.24, 2.45) is 0 Å². The van der Waals surface area contributed by atoms with Crippen molar-refractivity contribution in [3.05, 3.63) is 23.8 Å². The van der Waals surface area contributed by atoms with E-state index in [1.165, 1.54) is 0 Å². The number of rotatable bonds is 3. The predicted molar refractivity (Wildman–Crippen MR) is 75.5 cm³/mol. The topological polar surface area (TPSA) is 48.0 Å². The van der Waals surface area contributed by atoms with E-state index >= 15 is 0 Å². The average molecular weight is 279 g/mol. The summed E-state index contributed by atoms with van der Waals surface area (Å²) >= 11 is 0. The van der Waals surface area contributed by atoms with Crippen LogP contribution in [-0.4, -0.2) is 50.3 Å². The highest BCUT2D eigenvalue weighted by atomic mass is 16.5. The van der Waals surface area contributed by atoms with E-state index in [-0.39, 0.29) is 18.1 Å². The van der Waals surface area contributed by atoms with Gasteiger partial charge in [0.2, 0.25) is 0 Å². The number of hydrogen-bond acceptors (Lipinski definition) is 4. The molecule has 110 valence electrons. The summed E-state index contributed by atoms with van der Waals surface area (Å²) in [5.41, 5.74) is 0.551. The van der Waals surface area contributed by atoms with Crippen LogP contribution in [0.25, 0.3) is 0 Å². The molecular weight excluding hydrogens is 258 g/mol. The van der Waals surface area contributed by atoms with Gasteiger partial charge < -0.3 is 19.1 Å². The van der Waals surface area contributed by atoms with E-state index in [0.29, 0.717) is 30.2 Å². The normalized spacial score (nSPS) is 22.5. The van der Waals surface area contributed by atoms with Crippen molar-refractivity contribution in [3.63, 3.8) is 0 Å². The molecule has 0 aliphatic carbocycles. The summed E-state index contributed by atoms with van der Waals surface area (Å²) in [5.74, 6) is 1.16. The van der Waals surface area contributed by atoms with E-state index in [2.05, 4.69) is 0 Å². The molecule has 0 unspecified atom stereocenters. The third-order valence-corrected chi connectivity index (χ3v) is 3.35. The fourth-order valence-electron chi connectivity index (χ4n) is 2.49. The summed E-state index contributed by atoms with van der Waals surface area (Å²) in [7, 11) is 3.14. The van der Waals surface area contributed by atoms with Crippen LogP contribution >= 0.6 is 0 Å². The molecule has 20 heavy (non-hydrogen) atoms. The van der Waals surface area contributed by atoms with Crippen molar-refractivity contribution in [3.8, 4) is 11.5 Å². The first-order chi connectivity index (χ1) is 9.55. The standard InChI is InChI=1S/C15H21NO4/c1-10-8-16(9-11(2)20-10)15(17)13-6-5-12(18-3)7-14(13)19-4/h5-7,10-11H,8-9H2,1-4H3/t10-,11-/m0/s1. The molecule has 0 spiro atoms. The monoisotopic (exact) mass is 279 g/mol. The number of ether oxygens (including phenoxy) is 3. The van der Waals surface area contributed by atoms with Crippen LogP contribution in [0.2, 0.25) is 0 Å². The van der Waals surface area contributed by atoms with E-state index in [0.717, 1.165) is 0 Å². The maximum absolute atomic E-state index is 12.6. The summed E-state index contributed by atoms with van der Waals surface area (Å²) in [6.45, 7) is 5.14. The van der Waals surface area contributed by atoms with Gasteiger partial charge in [0.15, 0.2) is 0 Å². The maximum Gasteiger partial charge on any atom is 0.257 e. The van der Waals surface area contributed by atoms with E-state index in [9.17, 15) is 4.79 Å². The van der Waals surface area contributed by atoms with Crippen molar-refractivity contribution in [2.75, 3.05) is 27.3 Å². The van der Waals surface area contributed by atoms with E-state index in [1.54, 1.807) is 32.4 Å². The Morgan fingerprint density at radius 3 is 2.40 bits per heavy atom. The molecule has 0 radical (unpaired) electrons. The highest BCUT2D eigenvalue weighted by molar-refractivity contribution is 5.97. The van der Waals surface area contributed by atoms with E-state index in [4.69, 9.17) is 14.2 Å². The minimum Gasteiger partial charge on any atom is -0.497 e. The summed E-state index contributed by atoms with van der Waals surface area (Å²) in [6, 6.07) is 5.23. The van der Waals surface area contributed by atoms with Crippen molar-refractivity contribution in [2.45, 2.75) is 26.1 Å². The number of nitrogens with zero attached hydrogens (tertiary/aromatic N) is 1. The SMILES string of the molecule is COc1ccc(C(=O)N2C[C@H](C)O[C@@H](C)C2)c(OC)c1. The third kappa shape index (κ3) is 3.04. The predicted octanol–water partition coefficient (Wildman–Crippen LogP) is 1.95. The van der Waals surface area contributed by atoms with Gasteiger partial charge in [0.25, 0.3) is 5.91 Å². The molecule has 1 aliphatic heterocycles. The van der Waals surface area contributed by atoms with Crippen molar-refractivity contribution in [1.29, 1.82) is 0 Å². The molecule has 0 bridgehead atoms. The highest BCUT2D eigenvalue weighted by Crippen LogP contribution is 2.26. The minimum atomic E-state index is -0.0356. The summed E-state index contributed by atoms with van der Waals surface area (Å²) in [5, 5.41) is 0. The van der Waals surface area contributed by atoms with Gasteiger partial charge in [-0.15, -0.1) is 0 Å². The van der Waals surface area contributed by atoms with Crippen LogP contribution in [0.5, 0.6) is 11.5 Å². The van der Waals surface area contributed by atoms with Crippen LogP contribution in [0.15, 0.2) is 18.2 Å². The molecule has 0 N–H and O–H groups in total. The maximum atomic E-state index is 12.6. The van der Waals surface area contributed by atoms with Gasteiger partial charge in [-0.25, -0.2) is 0 Å². The van der Waals surface area contributed by atoms with Gasteiger partial charge in [-0.1, -0.05) is 0 Å². The number of carbonyl (C=O) groups excluding carboxylic acids is 1. The van der Waals surface area contributed by atoms with E-state index < -0.39 is 0 Å². The van der Waals surface area contributed by atoms with Gasteiger partial charge >= 0.3 is 0 Å². The van der Waals surface area contributed by atoms with Crippen LogP contribution in [0.1, 0.15) is 24.2 Å². The lowest BCUT2D eigenvalue weighted by atomic mass is 10.1. The molecule has 5 nitrogen and oxygen atoms in total. The van der Waals surface area contributed by atoms with Gasteiger partial charge in [-0.2, -0.15) is 0 Å². The Bertz CT molecular complexity index is 479. The molecule has 1 aromatic carbocycles. The molecule has 1 heterocycles. The number of carbonyl (C=O) groups is 1. The second kappa shape index (κ2) is 6.13. The molecule has 2 atom stereocenters. The summed E-state index contributed by atoms with van der Waals surface area (Å²) in [6.07, 6.45) is 0.0962. The fraction of sp³-hybridized carbons (Fsp3) is 0.533. The molecule has 1 saturated heterocycles. The first-order valence-corrected chi connectivity index (χ1v) is 6.72. The Hall–Kier alpha value is -1.75. The van der Waals surface area contributed by atoms with Crippen LogP contribution in [-0.2, 0) is 4.74 Å². The second-order valence-corrected chi connectivity index (χ2v) is 5.03. The smallest absolute Gasteiger partial charge is 0.257 e. The zero-order valence-corrected chi connectivity index (χ0v) is 12.4. The second-order valence-electron chi connectivity index (χ2n) is 5.03. The van der Waals surface area contributed by atoms with Crippen LogP contribution in [0, 0.1) is 0 Å². The molecule has 1 aromatic rings. The van der Waals surface area contributed by atoms with Gasteiger partial charge in [0.05, 0.1) is 32.0 Å². The van der Waals surface area contributed by atoms with Gasteiger partial charge in [0.1, 0.15) is 11.5 Å². The Morgan fingerprint density at radius 1 is 1.20 bits per heavy atom. The Labute approximate surface area is 119 Å². The largest absolute Gasteiger partial charge is 0.497 e. The van der Waals surface area contributed by atoms with Crippen molar-refractivity contribution >= 4 is 5.91 Å². The number of methoxy groups -OCH3 is 2. The third-order valence-electron chi connectivity index (χ3n) is 3.35. The lowest BCUT2D eigenvalue weighted by Crippen LogP contribution is -2.48. The number of hydrogen-bond donors (Lipinski definition) is 0. The molecule has 1 amide bonds. The number of amides is 1. The minimum absolute atomic E-state index is 0.0356. The zero-order valence-electron chi connectivity index (χ0n) is 12.4. The summed E-state index contributed by atoms with van der Waals surface area (Å²) in [4.78, 5) is 14.4. The van der Waals surface area contributed by atoms with Crippen molar-refractivity contribution < 1.29 is 19.0 Å². The number of benzene rings is 1. The van der Waals surface area contributed by atoms with E-state index in [1.807, 2.05) is 18.7 Å². The van der Waals surface area contributed by atoms with Gasteiger partial charge in [-0.3, -0.25) is 4.79 Å². The Morgan fingerprint density at radius 2 is 1.85 bits per heavy atom. The molecule has 1 aliphatic rings. The molecular formula is C15H21NO4. The fourth-order valence-corrected chi connectivity index (χ4v) is 2.49. The van der Waals surface area contributed by atoms with Crippen LogP contribution in [0.4, 0.5) is 0 Å². The molecule has 1 fully saturated rings. The Kier molecular flexibility index (Phi) is 4.49. The zero-order chi connectivity index (χ0) is 14.7. The first-order valence-electron chi connectivity index (χ1n) is 6.72. The molecule has 0 saturated carbocycles. The quantitative estimate of drug-likeness (QED) is 0.848. The number of morpholine rings is 1. The van der Waals surface area contributed by atoms with Gasteiger partial charge in [0, 0.05) is 19.2 Å². The first kappa shape index (κ1) is 14.7. The highest BCUT2D eigenvalue weighted by Gasteiger charge is 2.28. The molecule has 5 heteroatoms. The molecule has 2 rings (SSSR count). The van der Waals surface area contributed by atoms with Crippen LogP contribution < -0.4 is 9.47 Å².